The van der Waals surface area contributed by atoms with Crippen molar-refractivity contribution >= 4 is 17.2 Å². The summed E-state index contributed by atoms with van der Waals surface area (Å²) in [6.07, 6.45) is 2.15. The molecule has 142 valence electrons. The van der Waals surface area contributed by atoms with Crippen molar-refractivity contribution in [2.45, 2.75) is 12.5 Å². The molecule has 1 aromatic carbocycles. The number of nitrogens with zero attached hydrogens (tertiary/aromatic N) is 1. The van der Waals surface area contributed by atoms with Gasteiger partial charge >= 0.3 is 0 Å². The van der Waals surface area contributed by atoms with E-state index in [0.717, 1.165) is 22.4 Å². The fourth-order valence-corrected chi connectivity index (χ4v) is 4.39. The molecule has 0 saturated heterocycles. The lowest BCUT2D eigenvalue weighted by Gasteiger charge is -2.37. The first kappa shape index (κ1) is 17.7. The van der Waals surface area contributed by atoms with Gasteiger partial charge in [0.05, 0.1) is 20.3 Å². The third-order valence-electron chi connectivity index (χ3n) is 4.81. The van der Waals surface area contributed by atoms with Crippen LogP contribution in [-0.2, 0) is 20.7 Å². The first-order valence-electron chi connectivity index (χ1n) is 8.76. The van der Waals surface area contributed by atoms with E-state index in [9.17, 15) is 4.79 Å². The number of hydrogen-bond acceptors (Lipinski definition) is 6. The van der Waals surface area contributed by atoms with Crippen molar-refractivity contribution < 1.29 is 23.7 Å². The lowest BCUT2D eigenvalue weighted by Crippen LogP contribution is -2.42. The smallest absolute Gasteiger partial charge is 0.293 e. The molecule has 0 unspecified atom stereocenters. The van der Waals surface area contributed by atoms with Crippen molar-refractivity contribution in [3.8, 4) is 11.5 Å². The monoisotopic (exact) mass is 387 g/mol. The van der Waals surface area contributed by atoms with E-state index in [1.165, 1.54) is 6.26 Å². The molecule has 7 heteroatoms. The number of carbonyl (C=O) groups excluding carboxylic acids is 1. The zero-order valence-electron chi connectivity index (χ0n) is 15.3. The second kappa shape index (κ2) is 7.52. The Labute approximate surface area is 161 Å². The number of thiophene rings is 1. The maximum absolute atomic E-state index is 13.1. The number of rotatable bonds is 4. The second-order valence-electron chi connectivity index (χ2n) is 6.27. The summed E-state index contributed by atoms with van der Waals surface area (Å²) >= 11 is 1.63. The normalized spacial score (nSPS) is 18.7. The van der Waals surface area contributed by atoms with Crippen molar-refractivity contribution in [2.24, 2.45) is 0 Å². The van der Waals surface area contributed by atoms with Crippen molar-refractivity contribution in [2.75, 3.05) is 34.0 Å². The Morgan fingerprint density at radius 2 is 2.04 bits per heavy atom. The molecule has 0 fully saturated rings. The van der Waals surface area contributed by atoms with Crippen molar-refractivity contribution in [3.63, 3.8) is 0 Å². The summed E-state index contributed by atoms with van der Waals surface area (Å²) in [5, 5.41) is 2.02. The predicted molar refractivity (Wildman–Crippen MR) is 101 cm³/mol. The Morgan fingerprint density at radius 1 is 1.22 bits per heavy atom. The third kappa shape index (κ3) is 3.23. The highest BCUT2D eigenvalue weighted by Crippen LogP contribution is 2.42. The molecular formula is C20H21NO5S. The van der Waals surface area contributed by atoms with Crippen LogP contribution in [0.5, 0.6) is 11.5 Å². The predicted octanol–water partition coefficient (Wildman–Crippen LogP) is 3.13. The molecule has 1 atom stereocenters. The first-order chi connectivity index (χ1) is 13.2. The Hall–Kier alpha value is -2.67. The zero-order valence-corrected chi connectivity index (χ0v) is 16.1. The molecule has 6 nitrogen and oxygen atoms in total. The van der Waals surface area contributed by atoms with Crippen molar-refractivity contribution in [3.05, 3.63) is 57.7 Å². The van der Waals surface area contributed by atoms with Gasteiger partial charge in [-0.25, -0.2) is 0 Å². The van der Waals surface area contributed by atoms with Gasteiger partial charge in [0, 0.05) is 11.4 Å². The molecule has 2 aromatic rings. The van der Waals surface area contributed by atoms with Gasteiger partial charge in [-0.1, -0.05) is 6.07 Å². The number of fused-ring (bicyclic) bond motifs is 1. The average molecular weight is 387 g/mol. The summed E-state index contributed by atoms with van der Waals surface area (Å²) in [5.41, 5.74) is 2.21. The Morgan fingerprint density at radius 3 is 2.70 bits per heavy atom. The summed E-state index contributed by atoms with van der Waals surface area (Å²) in [6.45, 7) is 1.44. The number of hydrogen-bond donors (Lipinski definition) is 0. The molecule has 0 bridgehead atoms. The molecule has 2 aliphatic heterocycles. The average Bonchev–Trinajstić information content (AvgIpc) is 3.26. The van der Waals surface area contributed by atoms with Gasteiger partial charge in [0.25, 0.3) is 5.91 Å². The van der Waals surface area contributed by atoms with Crippen LogP contribution in [0.2, 0.25) is 0 Å². The van der Waals surface area contributed by atoms with Crippen LogP contribution in [0.1, 0.15) is 22.0 Å². The van der Waals surface area contributed by atoms with Crippen molar-refractivity contribution in [1.82, 2.24) is 4.90 Å². The van der Waals surface area contributed by atoms with Crippen molar-refractivity contribution in [1.29, 1.82) is 0 Å². The molecule has 0 saturated carbocycles. The maximum atomic E-state index is 13.1. The summed E-state index contributed by atoms with van der Waals surface area (Å²) in [6, 6.07) is 7.83. The SMILES string of the molecule is COc1cc2c(cc1OC)[C@H](c1cccs1)N(C(=O)C1=COCCO1)CC2. The Kier molecular flexibility index (Phi) is 4.94. The van der Waals surface area contributed by atoms with E-state index in [2.05, 4.69) is 0 Å². The van der Waals surface area contributed by atoms with Crippen LogP contribution in [0, 0.1) is 0 Å². The number of ether oxygens (including phenoxy) is 4. The molecular weight excluding hydrogens is 366 g/mol. The summed E-state index contributed by atoms with van der Waals surface area (Å²) in [4.78, 5) is 16.1. The molecule has 1 aromatic heterocycles. The first-order valence-corrected chi connectivity index (χ1v) is 9.64. The van der Waals surface area contributed by atoms with E-state index >= 15 is 0 Å². The fourth-order valence-electron chi connectivity index (χ4n) is 3.54. The van der Waals surface area contributed by atoms with E-state index in [1.807, 2.05) is 34.5 Å². The van der Waals surface area contributed by atoms with Gasteiger partial charge in [-0.05, 0) is 41.1 Å². The van der Waals surface area contributed by atoms with Gasteiger partial charge in [-0.2, -0.15) is 0 Å². The highest BCUT2D eigenvalue weighted by Gasteiger charge is 2.36. The lowest BCUT2D eigenvalue weighted by atomic mass is 9.90. The zero-order chi connectivity index (χ0) is 18.8. The molecule has 2 aliphatic rings. The standard InChI is InChI=1S/C20H21NO5S/c1-23-15-10-13-5-6-21(20(22)17-12-25-7-8-26-17)19(18-4-3-9-27-18)14(13)11-16(15)24-2/h3-4,9-12,19H,5-8H2,1-2H3/t19-/m1/s1. The maximum Gasteiger partial charge on any atom is 0.293 e. The topological polar surface area (TPSA) is 57.2 Å². The van der Waals surface area contributed by atoms with E-state index < -0.39 is 0 Å². The number of amides is 1. The van der Waals surface area contributed by atoms with E-state index in [-0.39, 0.29) is 17.7 Å². The van der Waals surface area contributed by atoms with E-state index in [4.69, 9.17) is 18.9 Å². The number of carbonyl (C=O) groups is 1. The summed E-state index contributed by atoms with van der Waals surface area (Å²) in [5.74, 6) is 1.46. The molecule has 1 amide bonds. The van der Waals surface area contributed by atoms with Crippen LogP contribution >= 0.6 is 11.3 Å². The molecule has 0 N–H and O–H groups in total. The van der Waals surface area contributed by atoms with Gasteiger partial charge in [0.2, 0.25) is 5.76 Å². The van der Waals surface area contributed by atoms with Crippen LogP contribution in [0.4, 0.5) is 0 Å². The lowest BCUT2D eigenvalue weighted by molar-refractivity contribution is -0.134. The molecule has 0 spiro atoms. The Balaban J connectivity index is 1.78. The van der Waals surface area contributed by atoms with Crippen LogP contribution in [0.15, 0.2) is 41.7 Å². The van der Waals surface area contributed by atoms with Crippen LogP contribution in [0.3, 0.4) is 0 Å². The van der Waals surface area contributed by atoms with Gasteiger partial charge in [-0.3, -0.25) is 4.79 Å². The minimum Gasteiger partial charge on any atom is -0.494 e. The largest absolute Gasteiger partial charge is 0.494 e. The number of benzene rings is 1. The van der Waals surface area contributed by atoms with Gasteiger partial charge in [0.15, 0.2) is 11.5 Å². The molecule has 4 rings (SSSR count). The van der Waals surface area contributed by atoms with Crippen LogP contribution in [0.25, 0.3) is 0 Å². The van der Waals surface area contributed by atoms with Gasteiger partial charge in [0.1, 0.15) is 19.5 Å². The van der Waals surface area contributed by atoms with E-state index in [1.54, 1.807) is 25.6 Å². The van der Waals surface area contributed by atoms with Gasteiger partial charge in [-0.15, -0.1) is 11.3 Å². The fraction of sp³-hybridized carbons (Fsp3) is 0.350. The highest BCUT2D eigenvalue weighted by molar-refractivity contribution is 7.10. The minimum absolute atomic E-state index is 0.159. The van der Waals surface area contributed by atoms with Gasteiger partial charge < -0.3 is 23.8 Å². The quantitative estimate of drug-likeness (QED) is 0.807. The Bertz CT molecular complexity index is 862. The summed E-state index contributed by atoms with van der Waals surface area (Å²) < 4.78 is 21.8. The molecule has 27 heavy (non-hydrogen) atoms. The third-order valence-corrected chi connectivity index (χ3v) is 5.73. The molecule has 3 heterocycles. The highest BCUT2D eigenvalue weighted by atomic mass is 32.1. The summed E-state index contributed by atoms with van der Waals surface area (Å²) in [7, 11) is 3.25. The molecule has 0 radical (unpaired) electrons. The van der Waals surface area contributed by atoms with Crippen LogP contribution in [-0.4, -0.2) is 44.8 Å². The van der Waals surface area contributed by atoms with E-state index in [0.29, 0.717) is 31.3 Å². The second-order valence-corrected chi connectivity index (χ2v) is 7.25. The van der Waals surface area contributed by atoms with Crippen LogP contribution < -0.4 is 9.47 Å². The molecule has 0 aliphatic carbocycles. The minimum atomic E-state index is -0.201. The number of methoxy groups -OCH3 is 2.